The number of hydrogen-bond donors (Lipinski definition) is 3. The molecule has 0 aromatic rings. The third-order valence-corrected chi connectivity index (χ3v) is 3.19. The van der Waals surface area contributed by atoms with Gasteiger partial charge in [-0.1, -0.05) is 44.8 Å². The Morgan fingerprint density at radius 2 is 2.09 bits per heavy atom. The van der Waals surface area contributed by atoms with Crippen molar-refractivity contribution in [3.63, 3.8) is 0 Å². The lowest BCUT2D eigenvalue weighted by atomic mass is 10.00. The van der Waals surface area contributed by atoms with E-state index >= 15 is 0 Å². The number of carbonyl (C=O) groups is 1. The molecular formula is C18H29N3O. The van der Waals surface area contributed by atoms with Crippen LogP contribution in [-0.2, 0) is 4.79 Å². The van der Waals surface area contributed by atoms with Crippen LogP contribution >= 0.6 is 0 Å². The number of carbonyl (C=O) groups excluding carboxylic acids is 1. The van der Waals surface area contributed by atoms with E-state index < -0.39 is 0 Å². The minimum atomic E-state index is -0.105. The number of amides is 1. The van der Waals surface area contributed by atoms with E-state index in [1.165, 1.54) is 6.21 Å². The van der Waals surface area contributed by atoms with Crippen LogP contribution in [0.25, 0.3) is 0 Å². The van der Waals surface area contributed by atoms with Crippen LogP contribution in [0.15, 0.2) is 23.4 Å². The van der Waals surface area contributed by atoms with Crippen molar-refractivity contribution in [2.75, 3.05) is 0 Å². The van der Waals surface area contributed by atoms with Gasteiger partial charge in [-0.2, -0.15) is 0 Å². The summed E-state index contributed by atoms with van der Waals surface area (Å²) in [5.74, 6) is 6.14. The summed E-state index contributed by atoms with van der Waals surface area (Å²) in [5, 5.41) is 10.1. The number of nitrogens with one attached hydrogen (secondary N) is 2. The first-order valence-corrected chi connectivity index (χ1v) is 7.86. The molecule has 4 heteroatoms. The molecule has 0 bridgehead atoms. The van der Waals surface area contributed by atoms with Crippen LogP contribution in [0.4, 0.5) is 0 Å². The molecule has 0 rings (SSSR count). The number of nitrogens with two attached hydrogens (primary N) is 1. The molecule has 22 heavy (non-hydrogen) atoms. The summed E-state index contributed by atoms with van der Waals surface area (Å²) in [7, 11) is 0. The number of unbranched alkanes of at least 4 members (excludes halogenated alkanes) is 1. The molecule has 4 nitrogen and oxygen atoms in total. The van der Waals surface area contributed by atoms with Crippen molar-refractivity contribution in [1.82, 2.24) is 5.32 Å². The molecule has 0 saturated carbocycles. The third-order valence-electron chi connectivity index (χ3n) is 3.19. The van der Waals surface area contributed by atoms with Gasteiger partial charge in [0.05, 0.1) is 6.04 Å². The van der Waals surface area contributed by atoms with Crippen LogP contribution in [0.2, 0.25) is 0 Å². The van der Waals surface area contributed by atoms with Gasteiger partial charge in [-0.15, -0.1) is 0 Å². The summed E-state index contributed by atoms with van der Waals surface area (Å²) in [4.78, 5) is 12.0. The fourth-order valence-corrected chi connectivity index (χ4v) is 1.94. The SMILES string of the molecule is C/C=C(/C#CCCCC(=O)NC(C(N)=CCC)C(C)C)C=N. The van der Waals surface area contributed by atoms with Gasteiger partial charge in [-0.05, 0) is 25.7 Å². The predicted octanol–water partition coefficient (Wildman–Crippen LogP) is 3.15. The van der Waals surface area contributed by atoms with Crippen LogP contribution in [0.5, 0.6) is 0 Å². The van der Waals surface area contributed by atoms with Crippen LogP contribution in [0.3, 0.4) is 0 Å². The zero-order valence-electron chi connectivity index (χ0n) is 14.2. The smallest absolute Gasteiger partial charge is 0.220 e. The molecule has 0 heterocycles. The van der Waals surface area contributed by atoms with Crippen molar-refractivity contribution in [3.05, 3.63) is 23.4 Å². The van der Waals surface area contributed by atoms with Gasteiger partial charge in [0.1, 0.15) is 0 Å². The Morgan fingerprint density at radius 1 is 1.41 bits per heavy atom. The van der Waals surface area contributed by atoms with Crippen LogP contribution in [0, 0.1) is 23.2 Å². The van der Waals surface area contributed by atoms with E-state index in [4.69, 9.17) is 11.1 Å². The Kier molecular flexibility index (Phi) is 10.6. The second-order valence-electron chi connectivity index (χ2n) is 5.45. The molecule has 0 fully saturated rings. The first kappa shape index (κ1) is 20.0. The second-order valence-corrected chi connectivity index (χ2v) is 5.45. The summed E-state index contributed by atoms with van der Waals surface area (Å²) in [6.07, 6.45) is 7.63. The Bertz CT molecular complexity index is 478. The maximum Gasteiger partial charge on any atom is 0.220 e. The molecule has 0 aliphatic carbocycles. The summed E-state index contributed by atoms with van der Waals surface area (Å²) in [5.41, 5.74) is 7.44. The quantitative estimate of drug-likeness (QED) is 0.366. The molecule has 122 valence electrons. The number of hydrogen-bond acceptors (Lipinski definition) is 3. The predicted molar refractivity (Wildman–Crippen MR) is 93.5 cm³/mol. The number of allylic oxidation sites excluding steroid dienone is 3. The molecule has 1 unspecified atom stereocenters. The molecule has 0 aromatic heterocycles. The third kappa shape index (κ3) is 8.31. The van der Waals surface area contributed by atoms with Gasteiger partial charge in [-0.3, -0.25) is 4.79 Å². The molecule has 0 aliphatic rings. The highest BCUT2D eigenvalue weighted by atomic mass is 16.1. The fraction of sp³-hybridized carbons (Fsp3) is 0.556. The normalized spacial score (nSPS) is 13.3. The second kappa shape index (κ2) is 11.6. The maximum atomic E-state index is 12.0. The van der Waals surface area contributed by atoms with Gasteiger partial charge in [-0.25, -0.2) is 0 Å². The van der Waals surface area contributed by atoms with Gasteiger partial charge < -0.3 is 16.5 Å². The Labute approximate surface area is 134 Å². The van der Waals surface area contributed by atoms with E-state index in [-0.39, 0.29) is 17.9 Å². The average Bonchev–Trinajstić information content (AvgIpc) is 2.48. The number of rotatable bonds is 8. The molecule has 1 amide bonds. The zero-order chi connectivity index (χ0) is 17.0. The van der Waals surface area contributed by atoms with Gasteiger partial charge in [0.15, 0.2) is 0 Å². The molecular weight excluding hydrogens is 274 g/mol. The van der Waals surface area contributed by atoms with E-state index in [1.54, 1.807) is 6.08 Å². The summed E-state index contributed by atoms with van der Waals surface area (Å²) in [6, 6.07) is -0.105. The Morgan fingerprint density at radius 3 is 2.59 bits per heavy atom. The average molecular weight is 303 g/mol. The molecule has 0 aromatic carbocycles. The lowest BCUT2D eigenvalue weighted by molar-refractivity contribution is -0.121. The minimum absolute atomic E-state index is 0.00580. The molecule has 4 N–H and O–H groups in total. The van der Waals surface area contributed by atoms with Gasteiger partial charge in [0.2, 0.25) is 5.91 Å². The van der Waals surface area contributed by atoms with Crippen molar-refractivity contribution >= 4 is 12.1 Å². The van der Waals surface area contributed by atoms with Gasteiger partial charge in [0, 0.05) is 30.3 Å². The van der Waals surface area contributed by atoms with Crippen molar-refractivity contribution in [3.8, 4) is 11.8 Å². The summed E-state index contributed by atoms with van der Waals surface area (Å²) >= 11 is 0. The topological polar surface area (TPSA) is 79.0 Å². The molecule has 0 aliphatic heterocycles. The Balaban J connectivity index is 4.32. The standard InChI is InChI=1S/C18H29N3O/c1-5-10-16(20)18(14(3)4)21-17(22)12-9-7-8-11-15(6-2)13-19/h6,10,13-14,18-19H,5,7,9,12,20H2,1-4H3,(H,21,22)/b15-6-,16-10?,19-13?. The van der Waals surface area contributed by atoms with Crippen molar-refractivity contribution in [2.45, 2.75) is 59.4 Å². The fourth-order valence-electron chi connectivity index (χ4n) is 1.94. The van der Waals surface area contributed by atoms with Gasteiger partial charge >= 0.3 is 0 Å². The zero-order valence-corrected chi connectivity index (χ0v) is 14.2. The Hall–Kier alpha value is -2.02. The lowest BCUT2D eigenvalue weighted by Crippen LogP contribution is -2.42. The first-order chi connectivity index (χ1) is 10.5. The van der Waals surface area contributed by atoms with Crippen LogP contribution < -0.4 is 11.1 Å². The molecule has 0 saturated heterocycles. The summed E-state index contributed by atoms with van der Waals surface area (Å²) < 4.78 is 0. The largest absolute Gasteiger partial charge is 0.401 e. The van der Waals surface area contributed by atoms with Crippen molar-refractivity contribution in [2.24, 2.45) is 11.7 Å². The molecule has 0 radical (unpaired) electrons. The van der Waals surface area contributed by atoms with Crippen molar-refractivity contribution < 1.29 is 4.79 Å². The lowest BCUT2D eigenvalue weighted by Gasteiger charge is -2.23. The van der Waals surface area contributed by atoms with E-state index in [1.807, 2.05) is 33.8 Å². The first-order valence-electron chi connectivity index (χ1n) is 7.86. The van der Waals surface area contributed by atoms with Gasteiger partial charge in [0.25, 0.3) is 0 Å². The highest BCUT2D eigenvalue weighted by molar-refractivity contribution is 5.82. The van der Waals surface area contributed by atoms with E-state index in [0.29, 0.717) is 24.8 Å². The highest BCUT2D eigenvalue weighted by Gasteiger charge is 2.17. The van der Waals surface area contributed by atoms with E-state index in [2.05, 4.69) is 17.2 Å². The monoisotopic (exact) mass is 303 g/mol. The van der Waals surface area contributed by atoms with E-state index in [9.17, 15) is 4.79 Å². The minimum Gasteiger partial charge on any atom is -0.401 e. The highest BCUT2D eigenvalue weighted by Crippen LogP contribution is 2.09. The maximum absolute atomic E-state index is 12.0. The van der Waals surface area contributed by atoms with Crippen LogP contribution in [0.1, 0.15) is 53.4 Å². The summed E-state index contributed by atoms with van der Waals surface area (Å²) in [6.45, 7) is 7.96. The van der Waals surface area contributed by atoms with E-state index in [0.717, 1.165) is 12.1 Å². The van der Waals surface area contributed by atoms with Crippen molar-refractivity contribution in [1.29, 1.82) is 5.41 Å². The molecule has 1 atom stereocenters. The van der Waals surface area contributed by atoms with Crippen LogP contribution in [-0.4, -0.2) is 18.2 Å². The molecule has 0 spiro atoms.